The molecule has 10 rings (SSSR count). The van der Waals surface area contributed by atoms with Crippen LogP contribution in [-0.4, -0.2) is 4.98 Å². The molecule has 2 heterocycles. The average Bonchev–Trinajstić information content (AvgIpc) is 3.48. The summed E-state index contributed by atoms with van der Waals surface area (Å²) in [5, 5.41) is 13.0. The fourth-order valence-electron chi connectivity index (χ4n) is 7.37. The summed E-state index contributed by atoms with van der Waals surface area (Å²) in [6.45, 7) is 0. The van der Waals surface area contributed by atoms with Crippen molar-refractivity contribution in [3.05, 3.63) is 152 Å². The minimum absolute atomic E-state index is 0.907. The first-order valence-corrected chi connectivity index (χ1v) is 15.4. The number of rotatable bonds is 2. The van der Waals surface area contributed by atoms with E-state index >= 15 is 0 Å². The molecule has 0 spiro atoms. The molecule has 0 N–H and O–H groups in total. The highest BCUT2D eigenvalue weighted by molar-refractivity contribution is 6.29. The van der Waals surface area contributed by atoms with Crippen molar-refractivity contribution in [3.8, 4) is 22.4 Å². The number of benzene rings is 8. The van der Waals surface area contributed by atoms with Crippen molar-refractivity contribution in [1.82, 2.24) is 4.98 Å². The molecule has 0 fully saturated rings. The van der Waals surface area contributed by atoms with E-state index in [1.165, 1.54) is 37.7 Å². The van der Waals surface area contributed by atoms with Gasteiger partial charge in [-0.2, -0.15) is 0 Å². The van der Waals surface area contributed by atoms with Crippen molar-refractivity contribution in [2.24, 2.45) is 0 Å². The van der Waals surface area contributed by atoms with Gasteiger partial charge in [-0.25, -0.2) is 4.98 Å². The third-order valence-electron chi connectivity index (χ3n) is 9.37. The van der Waals surface area contributed by atoms with Gasteiger partial charge in [0.2, 0.25) is 0 Å². The number of furan rings is 1. The molecule has 0 atom stereocenters. The lowest BCUT2D eigenvalue weighted by atomic mass is 9.88. The first-order valence-electron chi connectivity index (χ1n) is 15.4. The lowest BCUT2D eigenvalue weighted by molar-refractivity contribution is 0.671. The Morgan fingerprint density at radius 3 is 1.87 bits per heavy atom. The summed E-state index contributed by atoms with van der Waals surface area (Å²) in [5.41, 5.74) is 7.15. The highest BCUT2D eigenvalue weighted by Crippen LogP contribution is 2.46. The Balaban J connectivity index is 1.42. The molecular weight excluding hydrogens is 546 g/mol. The average molecular weight is 572 g/mol. The summed E-state index contributed by atoms with van der Waals surface area (Å²) in [6, 6.07) is 54.2. The van der Waals surface area contributed by atoms with Gasteiger partial charge in [-0.3, -0.25) is 0 Å². The maximum Gasteiger partial charge on any atom is 0.143 e. The number of para-hydroxylation sites is 1. The van der Waals surface area contributed by atoms with E-state index < -0.39 is 0 Å². The highest BCUT2D eigenvalue weighted by atomic mass is 16.3. The van der Waals surface area contributed by atoms with E-state index in [2.05, 4.69) is 152 Å². The minimum atomic E-state index is 0.907. The predicted octanol–water partition coefficient (Wildman–Crippen LogP) is 12.1. The van der Waals surface area contributed by atoms with Crippen LogP contribution in [0.2, 0.25) is 0 Å². The van der Waals surface area contributed by atoms with E-state index in [9.17, 15) is 0 Å². The topological polar surface area (TPSA) is 26.0 Å². The monoisotopic (exact) mass is 571 g/mol. The number of hydrogen-bond acceptors (Lipinski definition) is 2. The van der Waals surface area contributed by atoms with Crippen molar-refractivity contribution in [3.63, 3.8) is 0 Å². The summed E-state index contributed by atoms with van der Waals surface area (Å²) >= 11 is 0. The Morgan fingerprint density at radius 2 is 1.04 bits per heavy atom. The zero-order valence-corrected chi connectivity index (χ0v) is 24.3. The van der Waals surface area contributed by atoms with Crippen LogP contribution in [0, 0.1) is 0 Å². The molecule has 0 radical (unpaired) electrons. The molecule has 2 heteroatoms. The summed E-state index contributed by atoms with van der Waals surface area (Å²) in [6.07, 6.45) is 0. The molecule has 0 aliphatic heterocycles. The van der Waals surface area contributed by atoms with Crippen LogP contribution in [-0.2, 0) is 0 Å². The molecule has 0 aliphatic carbocycles. The van der Waals surface area contributed by atoms with Crippen LogP contribution in [0.3, 0.4) is 0 Å². The Labute approximate surface area is 258 Å². The normalized spacial score (nSPS) is 12.0. The molecule has 45 heavy (non-hydrogen) atoms. The Hall–Kier alpha value is -5.99. The van der Waals surface area contributed by atoms with Gasteiger partial charge in [0.1, 0.15) is 11.2 Å². The number of pyridine rings is 1. The van der Waals surface area contributed by atoms with Gasteiger partial charge in [0.05, 0.1) is 11.2 Å². The van der Waals surface area contributed by atoms with Crippen molar-refractivity contribution in [2.75, 3.05) is 0 Å². The van der Waals surface area contributed by atoms with E-state index in [0.717, 1.165) is 60.6 Å². The summed E-state index contributed by atoms with van der Waals surface area (Å²) < 4.78 is 6.88. The third kappa shape index (κ3) is 3.54. The molecule has 0 saturated carbocycles. The third-order valence-corrected chi connectivity index (χ3v) is 9.37. The van der Waals surface area contributed by atoms with E-state index in [0.29, 0.717) is 0 Å². The fourth-order valence-corrected chi connectivity index (χ4v) is 7.37. The molecule has 0 unspecified atom stereocenters. The molecule has 0 saturated heterocycles. The molecule has 2 nitrogen and oxygen atoms in total. The van der Waals surface area contributed by atoms with Gasteiger partial charge in [0, 0.05) is 38.1 Å². The van der Waals surface area contributed by atoms with Gasteiger partial charge in [-0.1, -0.05) is 121 Å². The molecular formula is C43H25NO. The molecule has 0 aliphatic rings. The van der Waals surface area contributed by atoms with Gasteiger partial charge in [0.15, 0.2) is 0 Å². The standard InChI is InChI=1S/C43H25NO/c1-2-12-26(13-3-1)42-37-25-34(31-18-8-9-19-32(31)40(37)33-20-10-11-21-38(33)44-42)35-23-29-16-6-7-17-30(29)41-36-22-27-14-4-5-15-28(27)24-39(36)45-43(35)41/h1-25H. The molecule has 2 aromatic heterocycles. The quantitative estimate of drug-likeness (QED) is 0.193. The first kappa shape index (κ1) is 24.5. The maximum atomic E-state index is 6.88. The highest BCUT2D eigenvalue weighted by Gasteiger charge is 2.21. The van der Waals surface area contributed by atoms with Crippen LogP contribution in [0.4, 0.5) is 0 Å². The lowest BCUT2D eigenvalue weighted by Crippen LogP contribution is -1.93. The smallest absolute Gasteiger partial charge is 0.143 e. The van der Waals surface area contributed by atoms with Gasteiger partial charge in [0.25, 0.3) is 0 Å². The van der Waals surface area contributed by atoms with E-state index in [4.69, 9.17) is 9.40 Å². The first-order chi connectivity index (χ1) is 22.3. The fraction of sp³-hybridized carbons (Fsp3) is 0. The van der Waals surface area contributed by atoms with Crippen LogP contribution in [0.1, 0.15) is 0 Å². The maximum absolute atomic E-state index is 6.88. The van der Waals surface area contributed by atoms with Crippen LogP contribution < -0.4 is 0 Å². The Kier molecular flexibility index (Phi) is 5.03. The number of aromatic nitrogens is 1. The lowest BCUT2D eigenvalue weighted by Gasteiger charge is -2.16. The molecule has 0 amide bonds. The zero-order valence-electron chi connectivity index (χ0n) is 24.3. The minimum Gasteiger partial charge on any atom is -0.455 e. The van der Waals surface area contributed by atoms with Crippen LogP contribution in [0.5, 0.6) is 0 Å². The second-order valence-corrected chi connectivity index (χ2v) is 11.9. The number of fused-ring (bicyclic) bond motifs is 11. The van der Waals surface area contributed by atoms with Crippen LogP contribution >= 0.6 is 0 Å². The molecule has 8 aromatic carbocycles. The van der Waals surface area contributed by atoms with Gasteiger partial charge in [-0.05, 0) is 68.2 Å². The summed E-state index contributed by atoms with van der Waals surface area (Å²) in [7, 11) is 0. The largest absolute Gasteiger partial charge is 0.455 e. The Bertz CT molecular complexity index is 2810. The molecule has 10 aromatic rings. The van der Waals surface area contributed by atoms with Gasteiger partial charge < -0.3 is 4.42 Å². The van der Waals surface area contributed by atoms with E-state index in [-0.39, 0.29) is 0 Å². The van der Waals surface area contributed by atoms with Crippen molar-refractivity contribution < 1.29 is 4.42 Å². The second-order valence-electron chi connectivity index (χ2n) is 11.9. The van der Waals surface area contributed by atoms with Crippen molar-refractivity contribution >= 4 is 75.9 Å². The zero-order chi connectivity index (χ0) is 29.5. The number of nitrogens with zero attached hydrogens (tertiary/aromatic N) is 1. The number of hydrogen-bond donors (Lipinski definition) is 0. The SMILES string of the molecule is c1ccc(-c2nc3ccccc3c3c2cc(-c2cc4ccccc4c4c2oc2cc5ccccc5cc24)c2ccccc23)cc1. The van der Waals surface area contributed by atoms with Crippen LogP contribution in [0.15, 0.2) is 156 Å². The Morgan fingerprint density at radius 1 is 0.400 bits per heavy atom. The summed E-state index contributed by atoms with van der Waals surface area (Å²) in [4.78, 5) is 5.27. The van der Waals surface area contributed by atoms with Crippen molar-refractivity contribution in [1.29, 1.82) is 0 Å². The van der Waals surface area contributed by atoms with E-state index in [1.807, 2.05) is 0 Å². The van der Waals surface area contributed by atoms with Crippen molar-refractivity contribution in [2.45, 2.75) is 0 Å². The summed E-state index contributed by atoms with van der Waals surface area (Å²) in [5.74, 6) is 0. The molecule has 208 valence electrons. The molecule has 0 bridgehead atoms. The van der Waals surface area contributed by atoms with Gasteiger partial charge in [-0.15, -0.1) is 0 Å². The van der Waals surface area contributed by atoms with E-state index in [1.54, 1.807) is 0 Å². The second kappa shape index (κ2) is 9.25. The van der Waals surface area contributed by atoms with Gasteiger partial charge >= 0.3 is 0 Å². The van der Waals surface area contributed by atoms with Crippen LogP contribution in [0.25, 0.3) is 98.3 Å². The predicted molar refractivity (Wildman–Crippen MR) is 190 cm³/mol.